The lowest BCUT2D eigenvalue weighted by molar-refractivity contribution is -0.139. The maximum atomic E-state index is 10.9. The largest absolute Gasteiger partial charge is 0.469 e. The van der Waals surface area contributed by atoms with Crippen molar-refractivity contribution in [3.8, 4) is 0 Å². The van der Waals surface area contributed by atoms with Crippen LogP contribution in [0.15, 0.2) is 24.3 Å². The van der Waals surface area contributed by atoms with Gasteiger partial charge in [0, 0.05) is 5.56 Å². The molecule has 1 aromatic rings. The summed E-state index contributed by atoms with van der Waals surface area (Å²) in [7, 11) is 1.35. The van der Waals surface area contributed by atoms with Crippen LogP contribution in [-0.2, 0) is 16.0 Å². The Hall–Kier alpha value is -1.84. The average Bonchev–Trinajstić information content (AvgIpc) is 2.18. The van der Waals surface area contributed by atoms with Crippen molar-refractivity contribution < 1.29 is 9.53 Å². The number of amidine groups is 1. The number of benzene rings is 1. The number of rotatable bonds is 3. The van der Waals surface area contributed by atoms with Gasteiger partial charge in [-0.05, 0) is 5.56 Å². The second-order valence-electron chi connectivity index (χ2n) is 2.86. The molecule has 0 bridgehead atoms. The van der Waals surface area contributed by atoms with Crippen LogP contribution >= 0.6 is 0 Å². The molecule has 0 unspecified atom stereocenters. The first-order chi connectivity index (χ1) is 6.63. The lowest BCUT2D eigenvalue weighted by Gasteiger charge is -2.01. The lowest BCUT2D eigenvalue weighted by atomic mass is 10.1. The van der Waals surface area contributed by atoms with E-state index in [-0.39, 0.29) is 18.2 Å². The number of hydrogen-bond acceptors (Lipinski definition) is 3. The standard InChI is InChI=1S/C10H12N2O2/c1-14-9(13)6-7-2-4-8(5-3-7)10(11)12/h2-5H,6H2,1H3,(H3,11,12). The summed E-state index contributed by atoms with van der Waals surface area (Å²) >= 11 is 0. The van der Waals surface area contributed by atoms with Crippen LogP contribution in [0.3, 0.4) is 0 Å². The number of nitrogens with one attached hydrogen (secondary N) is 1. The number of hydrogen-bond donors (Lipinski definition) is 2. The van der Waals surface area contributed by atoms with Crippen molar-refractivity contribution in [1.29, 1.82) is 5.41 Å². The SMILES string of the molecule is COC(=O)Cc1ccc(C(=N)N)cc1. The van der Waals surface area contributed by atoms with Crippen LogP contribution in [0.4, 0.5) is 0 Å². The zero-order chi connectivity index (χ0) is 10.6. The first-order valence-electron chi connectivity index (χ1n) is 4.13. The average molecular weight is 192 g/mol. The Morgan fingerprint density at radius 2 is 2.00 bits per heavy atom. The van der Waals surface area contributed by atoms with Crippen LogP contribution < -0.4 is 5.73 Å². The number of ether oxygens (including phenoxy) is 1. The summed E-state index contributed by atoms with van der Waals surface area (Å²) in [5.74, 6) is -0.254. The predicted molar refractivity (Wildman–Crippen MR) is 53.2 cm³/mol. The predicted octanol–water partition coefficient (Wildman–Crippen LogP) is 0.686. The fourth-order valence-corrected chi connectivity index (χ4v) is 1.04. The van der Waals surface area contributed by atoms with Crippen molar-refractivity contribution in [2.24, 2.45) is 5.73 Å². The Bertz CT molecular complexity index is 344. The van der Waals surface area contributed by atoms with Crippen molar-refractivity contribution in [1.82, 2.24) is 0 Å². The molecule has 0 aliphatic heterocycles. The number of nitrogen functional groups attached to an aromatic ring is 1. The number of nitrogens with two attached hydrogens (primary N) is 1. The van der Waals surface area contributed by atoms with Gasteiger partial charge >= 0.3 is 5.97 Å². The Labute approximate surface area is 82.2 Å². The third-order valence-corrected chi connectivity index (χ3v) is 1.84. The fraction of sp³-hybridized carbons (Fsp3) is 0.200. The smallest absolute Gasteiger partial charge is 0.309 e. The molecule has 0 saturated heterocycles. The van der Waals surface area contributed by atoms with E-state index in [1.54, 1.807) is 24.3 Å². The summed E-state index contributed by atoms with van der Waals surface area (Å²) in [5, 5.41) is 7.17. The van der Waals surface area contributed by atoms with E-state index in [1.165, 1.54) is 7.11 Å². The minimum atomic E-state index is -0.277. The highest BCUT2D eigenvalue weighted by molar-refractivity contribution is 5.94. The first kappa shape index (κ1) is 10.2. The monoisotopic (exact) mass is 192 g/mol. The van der Waals surface area contributed by atoms with Crippen LogP contribution in [0, 0.1) is 5.41 Å². The van der Waals surface area contributed by atoms with E-state index in [4.69, 9.17) is 11.1 Å². The second kappa shape index (κ2) is 4.41. The van der Waals surface area contributed by atoms with Gasteiger partial charge in [0.25, 0.3) is 0 Å². The Kier molecular flexibility index (Phi) is 3.23. The molecule has 1 rings (SSSR count). The van der Waals surface area contributed by atoms with E-state index in [9.17, 15) is 4.79 Å². The van der Waals surface area contributed by atoms with Crippen LogP contribution in [0.25, 0.3) is 0 Å². The van der Waals surface area contributed by atoms with E-state index in [1.807, 2.05) is 0 Å². The molecule has 3 N–H and O–H groups in total. The lowest BCUT2D eigenvalue weighted by Crippen LogP contribution is -2.11. The third-order valence-electron chi connectivity index (χ3n) is 1.84. The van der Waals surface area contributed by atoms with Gasteiger partial charge in [0.2, 0.25) is 0 Å². The van der Waals surface area contributed by atoms with Crippen molar-refractivity contribution in [2.75, 3.05) is 7.11 Å². The number of carbonyl (C=O) groups excluding carboxylic acids is 1. The van der Waals surface area contributed by atoms with Crippen LogP contribution in [0.5, 0.6) is 0 Å². The molecule has 0 heterocycles. The van der Waals surface area contributed by atoms with Gasteiger partial charge in [-0.15, -0.1) is 0 Å². The van der Waals surface area contributed by atoms with Crippen LogP contribution in [0.1, 0.15) is 11.1 Å². The summed E-state index contributed by atoms with van der Waals surface area (Å²) in [5.41, 5.74) is 6.78. The van der Waals surface area contributed by atoms with Gasteiger partial charge in [-0.3, -0.25) is 10.2 Å². The molecule has 0 fully saturated rings. The Morgan fingerprint density at radius 1 is 1.43 bits per heavy atom. The highest BCUT2D eigenvalue weighted by atomic mass is 16.5. The topological polar surface area (TPSA) is 76.2 Å². The van der Waals surface area contributed by atoms with Gasteiger partial charge in [0.05, 0.1) is 13.5 Å². The molecule has 0 atom stereocenters. The first-order valence-corrected chi connectivity index (χ1v) is 4.13. The van der Waals surface area contributed by atoms with Gasteiger partial charge in [0.15, 0.2) is 0 Å². The van der Waals surface area contributed by atoms with Crippen molar-refractivity contribution >= 4 is 11.8 Å². The molecule has 0 aromatic heterocycles. The van der Waals surface area contributed by atoms with Crippen molar-refractivity contribution in [3.63, 3.8) is 0 Å². The second-order valence-corrected chi connectivity index (χ2v) is 2.86. The van der Waals surface area contributed by atoms with Gasteiger partial charge in [-0.25, -0.2) is 0 Å². The van der Waals surface area contributed by atoms with E-state index >= 15 is 0 Å². The summed E-state index contributed by atoms with van der Waals surface area (Å²) < 4.78 is 4.53. The number of methoxy groups -OCH3 is 1. The van der Waals surface area contributed by atoms with Gasteiger partial charge in [0.1, 0.15) is 5.84 Å². The van der Waals surface area contributed by atoms with Crippen LogP contribution in [-0.4, -0.2) is 18.9 Å². The highest BCUT2D eigenvalue weighted by Crippen LogP contribution is 2.05. The summed E-state index contributed by atoms with van der Waals surface area (Å²) in [6.45, 7) is 0. The zero-order valence-corrected chi connectivity index (χ0v) is 7.91. The summed E-state index contributed by atoms with van der Waals surface area (Å²) in [6, 6.07) is 6.93. The van der Waals surface area contributed by atoms with E-state index in [0.717, 1.165) is 5.56 Å². The van der Waals surface area contributed by atoms with E-state index < -0.39 is 0 Å². The quantitative estimate of drug-likeness (QED) is 0.420. The zero-order valence-electron chi connectivity index (χ0n) is 7.91. The number of esters is 1. The van der Waals surface area contributed by atoms with Crippen LogP contribution in [0.2, 0.25) is 0 Å². The molecule has 4 nitrogen and oxygen atoms in total. The molecular formula is C10H12N2O2. The molecule has 74 valence electrons. The van der Waals surface area contributed by atoms with Crippen molar-refractivity contribution in [2.45, 2.75) is 6.42 Å². The van der Waals surface area contributed by atoms with Gasteiger partial charge < -0.3 is 10.5 Å². The summed E-state index contributed by atoms with van der Waals surface area (Å²) in [4.78, 5) is 10.9. The van der Waals surface area contributed by atoms with Gasteiger partial charge in [-0.2, -0.15) is 0 Å². The molecule has 0 aliphatic rings. The minimum absolute atomic E-state index is 0.0228. The minimum Gasteiger partial charge on any atom is -0.469 e. The van der Waals surface area contributed by atoms with Crippen molar-refractivity contribution in [3.05, 3.63) is 35.4 Å². The molecule has 14 heavy (non-hydrogen) atoms. The molecule has 4 heteroatoms. The molecule has 1 aromatic carbocycles. The molecular weight excluding hydrogens is 180 g/mol. The molecule has 0 radical (unpaired) electrons. The van der Waals surface area contributed by atoms with E-state index in [0.29, 0.717) is 5.56 Å². The Morgan fingerprint density at radius 3 is 2.43 bits per heavy atom. The van der Waals surface area contributed by atoms with E-state index in [2.05, 4.69) is 4.74 Å². The Balaban J connectivity index is 2.73. The maximum absolute atomic E-state index is 10.9. The summed E-state index contributed by atoms with van der Waals surface area (Å²) in [6.07, 6.45) is 0.245. The molecule has 0 saturated carbocycles. The molecule has 0 amide bonds. The molecule has 0 spiro atoms. The normalized spacial score (nSPS) is 9.50. The maximum Gasteiger partial charge on any atom is 0.309 e. The number of carbonyl (C=O) groups is 1. The highest BCUT2D eigenvalue weighted by Gasteiger charge is 2.02. The molecule has 0 aliphatic carbocycles. The fourth-order valence-electron chi connectivity index (χ4n) is 1.04. The van der Waals surface area contributed by atoms with Gasteiger partial charge in [-0.1, -0.05) is 24.3 Å². The third kappa shape index (κ3) is 2.58.